The molecule has 4 aromatic rings. The van der Waals surface area contributed by atoms with Gasteiger partial charge in [0, 0.05) is 18.3 Å². The summed E-state index contributed by atoms with van der Waals surface area (Å²) in [5.41, 5.74) is 9.50. The standard InChI is InChI=1S/C20H21N7/c1-13(15-7-3-2-4-8-15)24-18-17-19(23-12-22-18)26-27-20(17)25-16-9-5-6-14(10-16)11-21/h2-10,12-13H,11,21H2,1H3,(H3,22,23,24,25,26,27). The molecule has 0 aliphatic rings. The summed E-state index contributed by atoms with van der Waals surface area (Å²) in [6, 6.07) is 18.3. The lowest BCUT2D eigenvalue weighted by Crippen LogP contribution is -2.08. The van der Waals surface area contributed by atoms with Crippen LogP contribution in [0.3, 0.4) is 0 Å². The predicted molar refractivity (Wildman–Crippen MR) is 108 cm³/mol. The van der Waals surface area contributed by atoms with Crippen molar-refractivity contribution in [3.05, 3.63) is 72.1 Å². The minimum Gasteiger partial charge on any atom is -0.363 e. The molecule has 0 radical (unpaired) electrons. The molecule has 0 aliphatic heterocycles. The first-order valence-electron chi connectivity index (χ1n) is 8.81. The Morgan fingerprint density at radius 1 is 1.07 bits per heavy atom. The monoisotopic (exact) mass is 359 g/mol. The van der Waals surface area contributed by atoms with Gasteiger partial charge in [-0.1, -0.05) is 42.5 Å². The number of nitrogens with one attached hydrogen (secondary N) is 3. The number of rotatable bonds is 6. The van der Waals surface area contributed by atoms with Gasteiger partial charge in [0.15, 0.2) is 5.65 Å². The minimum atomic E-state index is 0.0904. The van der Waals surface area contributed by atoms with Gasteiger partial charge >= 0.3 is 0 Å². The van der Waals surface area contributed by atoms with Crippen molar-refractivity contribution >= 4 is 28.4 Å². The van der Waals surface area contributed by atoms with Gasteiger partial charge in [-0.2, -0.15) is 5.10 Å². The average molecular weight is 359 g/mol. The molecule has 0 aliphatic carbocycles. The molecule has 0 amide bonds. The Balaban J connectivity index is 1.67. The Hall–Kier alpha value is -3.45. The molecule has 0 fully saturated rings. The van der Waals surface area contributed by atoms with Gasteiger partial charge in [-0.15, -0.1) is 0 Å². The molecule has 27 heavy (non-hydrogen) atoms. The van der Waals surface area contributed by atoms with E-state index in [-0.39, 0.29) is 6.04 Å². The smallest absolute Gasteiger partial charge is 0.188 e. The summed E-state index contributed by atoms with van der Waals surface area (Å²) < 4.78 is 0. The van der Waals surface area contributed by atoms with Crippen LogP contribution in [0.5, 0.6) is 0 Å². The third-order valence-corrected chi connectivity index (χ3v) is 4.44. The molecule has 5 N–H and O–H groups in total. The predicted octanol–water partition coefficient (Wildman–Crippen LogP) is 3.73. The highest BCUT2D eigenvalue weighted by atomic mass is 15.2. The number of aromatic nitrogens is 4. The highest BCUT2D eigenvalue weighted by Gasteiger charge is 2.15. The number of H-pyrrole nitrogens is 1. The van der Waals surface area contributed by atoms with Crippen LogP contribution in [0.2, 0.25) is 0 Å². The maximum Gasteiger partial charge on any atom is 0.188 e. The van der Waals surface area contributed by atoms with Crippen LogP contribution in [-0.4, -0.2) is 20.2 Å². The average Bonchev–Trinajstić information content (AvgIpc) is 3.12. The van der Waals surface area contributed by atoms with E-state index >= 15 is 0 Å². The van der Waals surface area contributed by atoms with Crippen molar-refractivity contribution < 1.29 is 0 Å². The number of aromatic amines is 1. The molecule has 0 spiro atoms. The topological polar surface area (TPSA) is 105 Å². The summed E-state index contributed by atoms with van der Waals surface area (Å²) in [4.78, 5) is 8.70. The highest BCUT2D eigenvalue weighted by molar-refractivity contribution is 5.97. The fourth-order valence-electron chi connectivity index (χ4n) is 3.01. The molecule has 7 nitrogen and oxygen atoms in total. The molecule has 136 valence electrons. The number of hydrogen-bond donors (Lipinski definition) is 4. The molecular weight excluding hydrogens is 338 g/mol. The zero-order valence-electron chi connectivity index (χ0n) is 15.0. The Bertz CT molecular complexity index is 1040. The molecule has 2 heterocycles. The molecule has 0 saturated carbocycles. The van der Waals surface area contributed by atoms with E-state index in [0.29, 0.717) is 12.2 Å². The lowest BCUT2D eigenvalue weighted by Gasteiger charge is -2.16. The largest absolute Gasteiger partial charge is 0.363 e. The van der Waals surface area contributed by atoms with Crippen LogP contribution in [0.4, 0.5) is 17.3 Å². The van der Waals surface area contributed by atoms with Crippen molar-refractivity contribution in [3.8, 4) is 0 Å². The summed E-state index contributed by atoms with van der Waals surface area (Å²) in [5, 5.41) is 15.0. The second-order valence-electron chi connectivity index (χ2n) is 6.33. The number of fused-ring (bicyclic) bond motifs is 1. The first kappa shape index (κ1) is 17.0. The van der Waals surface area contributed by atoms with Crippen molar-refractivity contribution in [1.29, 1.82) is 0 Å². The fraction of sp³-hybridized carbons (Fsp3) is 0.150. The van der Waals surface area contributed by atoms with Crippen LogP contribution in [0.15, 0.2) is 60.9 Å². The van der Waals surface area contributed by atoms with E-state index < -0.39 is 0 Å². The van der Waals surface area contributed by atoms with Crippen molar-refractivity contribution in [2.75, 3.05) is 10.6 Å². The van der Waals surface area contributed by atoms with Crippen molar-refractivity contribution in [1.82, 2.24) is 20.2 Å². The number of hydrogen-bond acceptors (Lipinski definition) is 6. The van der Waals surface area contributed by atoms with Crippen molar-refractivity contribution in [2.24, 2.45) is 5.73 Å². The van der Waals surface area contributed by atoms with Gasteiger partial charge in [0.05, 0.1) is 0 Å². The van der Waals surface area contributed by atoms with Gasteiger partial charge in [-0.3, -0.25) is 5.10 Å². The van der Waals surface area contributed by atoms with Gasteiger partial charge in [0.1, 0.15) is 23.3 Å². The molecule has 7 heteroatoms. The summed E-state index contributed by atoms with van der Waals surface area (Å²) >= 11 is 0. The SMILES string of the molecule is CC(Nc1ncnc2n[nH]c(Nc3cccc(CN)c3)c12)c1ccccc1. The molecule has 1 atom stereocenters. The quantitative estimate of drug-likeness (QED) is 0.418. The first-order chi connectivity index (χ1) is 13.2. The molecule has 1 unspecified atom stereocenters. The fourth-order valence-corrected chi connectivity index (χ4v) is 3.01. The Morgan fingerprint density at radius 3 is 2.74 bits per heavy atom. The summed E-state index contributed by atoms with van der Waals surface area (Å²) in [6.45, 7) is 2.59. The molecule has 0 saturated heterocycles. The summed E-state index contributed by atoms with van der Waals surface area (Å²) in [5.74, 6) is 1.46. The number of anilines is 3. The molecule has 2 aromatic carbocycles. The molecule has 2 aromatic heterocycles. The summed E-state index contributed by atoms with van der Waals surface area (Å²) in [6.07, 6.45) is 1.52. The van der Waals surface area contributed by atoms with E-state index in [0.717, 1.165) is 28.3 Å². The Labute approximate surface area is 157 Å². The lowest BCUT2D eigenvalue weighted by atomic mass is 10.1. The van der Waals surface area contributed by atoms with Crippen molar-refractivity contribution in [3.63, 3.8) is 0 Å². The van der Waals surface area contributed by atoms with Gasteiger partial charge in [-0.25, -0.2) is 9.97 Å². The second kappa shape index (κ2) is 7.43. The van der Waals surface area contributed by atoms with Crippen LogP contribution in [0.1, 0.15) is 24.1 Å². The maximum absolute atomic E-state index is 5.74. The molecule has 0 bridgehead atoms. The number of nitrogens with zero attached hydrogens (tertiary/aromatic N) is 3. The Kier molecular flexibility index (Phi) is 4.67. The zero-order valence-corrected chi connectivity index (χ0v) is 15.0. The van der Waals surface area contributed by atoms with E-state index in [9.17, 15) is 0 Å². The normalized spacial score (nSPS) is 12.1. The van der Waals surface area contributed by atoms with Gasteiger partial charge in [-0.05, 0) is 30.2 Å². The van der Waals surface area contributed by atoms with E-state index in [1.165, 1.54) is 11.9 Å². The highest BCUT2D eigenvalue weighted by Crippen LogP contribution is 2.30. The van der Waals surface area contributed by atoms with Crippen LogP contribution in [0.25, 0.3) is 11.0 Å². The first-order valence-corrected chi connectivity index (χ1v) is 8.81. The van der Waals surface area contributed by atoms with E-state index in [1.54, 1.807) is 0 Å². The van der Waals surface area contributed by atoms with Gasteiger partial charge in [0.25, 0.3) is 0 Å². The minimum absolute atomic E-state index is 0.0904. The van der Waals surface area contributed by atoms with E-state index in [2.05, 4.69) is 49.9 Å². The van der Waals surface area contributed by atoms with E-state index in [1.807, 2.05) is 42.5 Å². The summed E-state index contributed by atoms with van der Waals surface area (Å²) in [7, 11) is 0. The third-order valence-electron chi connectivity index (χ3n) is 4.44. The van der Waals surface area contributed by atoms with Crippen LogP contribution < -0.4 is 16.4 Å². The molecular formula is C20H21N7. The number of nitrogens with two attached hydrogens (primary N) is 1. The lowest BCUT2D eigenvalue weighted by molar-refractivity contribution is 0.876. The van der Waals surface area contributed by atoms with Gasteiger partial charge in [0.2, 0.25) is 0 Å². The maximum atomic E-state index is 5.74. The van der Waals surface area contributed by atoms with Crippen LogP contribution in [-0.2, 0) is 6.54 Å². The third kappa shape index (κ3) is 3.58. The van der Waals surface area contributed by atoms with Crippen molar-refractivity contribution in [2.45, 2.75) is 19.5 Å². The van der Waals surface area contributed by atoms with E-state index in [4.69, 9.17) is 5.73 Å². The molecule has 4 rings (SSSR count). The van der Waals surface area contributed by atoms with Crippen LogP contribution >= 0.6 is 0 Å². The Morgan fingerprint density at radius 2 is 1.93 bits per heavy atom. The van der Waals surface area contributed by atoms with Gasteiger partial charge < -0.3 is 16.4 Å². The zero-order chi connectivity index (χ0) is 18.6. The van der Waals surface area contributed by atoms with Crippen LogP contribution in [0, 0.1) is 0 Å². The second-order valence-corrected chi connectivity index (χ2v) is 6.33. The number of benzene rings is 2.